The minimum absolute atomic E-state index is 0. The third-order valence-electron chi connectivity index (χ3n) is 40.6. The Morgan fingerprint density at radius 2 is 0.581 bits per heavy atom. The number of carbonyl (C=O) groups excluding carboxylic acids is 4. The van der Waals surface area contributed by atoms with Crippen molar-refractivity contribution in [2.75, 3.05) is 25.9 Å². The van der Waals surface area contributed by atoms with E-state index >= 15 is 0 Å². The summed E-state index contributed by atoms with van der Waals surface area (Å²) < 4.78 is 85.1. The van der Waals surface area contributed by atoms with Crippen LogP contribution < -0.4 is 35.0 Å². The SMILES string of the molecule is C.CC(C)(C)OC(=O)N1C(C)(C)C(C)(C)C(C)(C)C(C)(C)C1(C)C.CC(C)(C)OC(=O)N1C(C)(C)C(C)(C)C(C)(O)C(C)(C)C1(C)C.CC(C)(C)OC(=O)N1C(C)(C)C(C)(C)C(C)(n2cc(B3OC(C)(C)C(C)(C)O3)cn2)C(C)(C)C1(C)C.CC(C)(C)OC(=O)N1C(C)(C)C(C)(C)C(C)(n2cc(I)cn2)C(C)(C)C1(C)C.CC1(C)OB(B2OC(C)(C)C(C)(C)O2)OC1(C)C.CCN(CC)CC.CS(=O)(=O)Cl.Ic1cn[nH]c1.[H-].[Na+]. The molecule has 7 aliphatic rings. The smallest absolute Gasteiger partial charge is 1.00 e. The Balaban J connectivity index is 0.00000177. The van der Waals surface area contributed by atoms with Gasteiger partial charge in [0, 0.05) is 118 Å². The molecule has 0 unspecified atom stereocenters. The Labute approximate surface area is 959 Å². The van der Waals surface area contributed by atoms with Crippen molar-refractivity contribution >= 4 is 116 Å². The zero-order valence-corrected chi connectivity index (χ0v) is 113. The van der Waals surface area contributed by atoms with Gasteiger partial charge in [-0.05, 0) is 379 Å². The number of carbonyl (C=O) groups is 4. The number of aromatic nitrogens is 6. The van der Waals surface area contributed by atoms with Crippen LogP contribution in [0.1, 0.15) is 452 Å². The van der Waals surface area contributed by atoms with Gasteiger partial charge in [-0.15, -0.1) is 0 Å². The molecule has 0 bridgehead atoms. The quantitative estimate of drug-likeness (QED) is 0.0961. The van der Waals surface area contributed by atoms with Crippen LogP contribution in [0.25, 0.3) is 0 Å². The fraction of sp³-hybridized carbons (Fsp3) is 0.884. The summed E-state index contributed by atoms with van der Waals surface area (Å²) in [5.41, 5.74) is -12.0. The minimum Gasteiger partial charge on any atom is -1.00 e. The first-order valence-corrected chi connectivity index (χ1v) is 57.5. The maximum atomic E-state index is 13.7. The summed E-state index contributed by atoms with van der Waals surface area (Å²) >= 11 is 4.49. The number of ether oxygens (including phenoxy) is 4. The number of likely N-dealkylation sites (tertiary alicyclic amines) is 4. The first kappa shape index (κ1) is 143. The number of aromatic amines is 1. The molecule has 10 rings (SSSR count). The number of piperidine rings is 4. The molecule has 148 heavy (non-hydrogen) atoms. The summed E-state index contributed by atoms with van der Waals surface area (Å²) in [6.45, 7) is 138. The Hall–Kier alpha value is -2.72. The van der Waals surface area contributed by atoms with Crippen molar-refractivity contribution in [3.63, 3.8) is 0 Å². The van der Waals surface area contributed by atoms with Gasteiger partial charge in [0.1, 0.15) is 22.4 Å². The van der Waals surface area contributed by atoms with Crippen LogP contribution in [0.4, 0.5) is 19.2 Å². The number of nitrogens with zero attached hydrogens (tertiary/aromatic N) is 10. The number of hydrogen-bond acceptors (Lipinski definition) is 21. The zero-order chi connectivity index (χ0) is 117. The summed E-state index contributed by atoms with van der Waals surface area (Å²) in [4.78, 5) is 63.5. The van der Waals surface area contributed by atoms with Crippen LogP contribution >= 0.6 is 55.9 Å². The first-order valence-electron chi connectivity index (χ1n) is 52.6. The molecule has 0 atom stereocenters. The van der Waals surface area contributed by atoms with Crippen LogP contribution in [-0.4, -0.2) is 245 Å². The maximum absolute atomic E-state index is 13.7. The van der Waals surface area contributed by atoms with Gasteiger partial charge in [0.25, 0.3) is 0 Å². The number of nitrogens with one attached hydrogen (secondary N) is 1. The summed E-state index contributed by atoms with van der Waals surface area (Å²) in [6, 6.07) is 0. The summed E-state index contributed by atoms with van der Waals surface area (Å²) in [5, 5.41) is 27.5. The number of H-pyrrole nitrogens is 1. The molecule has 2 N–H and O–H groups in total. The second-order valence-corrected chi connectivity index (χ2v) is 63.5. The van der Waals surface area contributed by atoms with E-state index in [1.807, 2.05) is 239 Å². The number of amides is 4. The molecule has 3 aromatic rings. The van der Waals surface area contributed by atoms with Crippen molar-refractivity contribution in [3.05, 3.63) is 44.3 Å². The Bertz CT molecular complexity index is 4800. The van der Waals surface area contributed by atoms with Crippen LogP contribution in [0.2, 0.25) is 0 Å². The van der Waals surface area contributed by atoms with Crippen LogP contribution in [0.5, 0.6) is 0 Å². The van der Waals surface area contributed by atoms with Gasteiger partial charge in [0.05, 0.1) is 76.1 Å². The maximum Gasteiger partial charge on any atom is 1.00 e. The van der Waals surface area contributed by atoms with E-state index in [4.69, 9.17) is 57.1 Å². The van der Waals surface area contributed by atoms with Crippen LogP contribution in [0, 0.1) is 55.9 Å². The predicted octanol–water partition coefficient (Wildman–Crippen LogP) is 24.8. The number of hydrogen-bond donors (Lipinski definition) is 2. The fourth-order valence-electron chi connectivity index (χ4n) is 22.6. The fourth-order valence-corrected chi connectivity index (χ4v) is 23.3. The predicted molar refractivity (Wildman–Crippen MR) is 625 cm³/mol. The normalized spacial score (nSPS) is 24.9. The molecule has 0 aliphatic carbocycles. The van der Waals surface area contributed by atoms with Gasteiger partial charge in [-0.25, -0.2) is 27.6 Å². The van der Waals surface area contributed by atoms with E-state index in [0.717, 1.165) is 18.9 Å². The number of aliphatic hydroxyl groups is 1. The van der Waals surface area contributed by atoms with E-state index < -0.39 is 130 Å². The van der Waals surface area contributed by atoms with Crippen molar-refractivity contribution in [3.8, 4) is 0 Å². The van der Waals surface area contributed by atoms with E-state index in [9.17, 15) is 32.7 Å². The number of rotatable bonds is 7. The van der Waals surface area contributed by atoms with E-state index in [0.29, 0.717) is 0 Å². The molecule has 0 radical (unpaired) electrons. The van der Waals surface area contributed by atoms with Crippen LogP contribution in [-0.2, 0) is 67.0 Å². The van der Waals surface area contributed by atoms with Gasteiger partial charge in [-0.2, -0.15) is 15.3 Å². The molecular formula is C112H214B3ClI2N11NaO17S. The number of halogens is 3. The van der Waals surface area contributed by atoms with Crippen LogP contribution in [0.15, 0.2) is 37.2 Å². The average Bonchev–Trinajstić information content (AvgIpc) is 1.65. The molecule has 36 heteroatoms. The van der Waals surface area contributed by atoms with E-state index in [1.54, 1.807) is 6.20 Å². The average molecular weight is 2360 g/mol. The molecule has 10 heterocycles. The monoisotopic (exact) mass is 2360 g/mol. The van der Waals surface area contributed by atoms with Gasteiger partial charge >= 0.3 is 75.1 Å². The molecule has 0 spiro atoms. The van der Waals surface area contributed by atoms with Crippen LogP contribution in [0.3, 0.4) is 0 Å². The molecule has 7 aliphatic heterocycles. The van der Waals surface area contributed by atoms with Crippen molar-refractivity contribution in [2.24, 2.45) is 48.7 Å². The van der Waals surface area contributed by atoms with Crippen molar-refractivity contribution in [2.45, 2.75) is 568 Å². The Kier molecular flexibility index (Phi) is 43.3. The molecule has 7 fully saturated rings. The topological polar surface area (TPSA) is 295 Å². The van der Waals surface area contributed by atoms with Gasteiger partial charge in [-0.1, -0.05) is 153 Å². The molecule has 0 aromatic carbocycles. The van der Waals surface area contributed by atoms with Crippen molar-refractivity contribution in [1.82, 2.24) is 54.3 Å². The van der Waals surface area contributed by atoms with Gasteiger partial charge in [0.2, 0.25) is 9.05 Å². The molecule has 7 saturated heterocycles. The van der Waals surface area contributed by atoms with Crippen molar-refractivity contribution in [1.29, 1.82) is 0 Å². The molecule has 28 nitrogen and oxygen atoms in total. The molecule has 4 amide bonds. The van der Waals surface area contributed by atoms with Gasteiger partial charge in [-0.3, -0.25) is 34.1 Å². The van der Waals surface area contributed by atoms with E-state index in [1.165, 1.54) is 19.6 Å². The minimum atomic E-state index is -3.19. The molecule has 3 aromatic heterocycles. The largest absolute Gasteiger partial charge is 1.00 e. The second-order valence-electron chi connectivity index (χ2n) is 58.0. The summed E-state index contributed by atoms with van der Waals surface area (Å²) in [5.74, 6) is 0. The van der Waals surface area contributed by atoms with Gasteiger partial charge in [0.15, 0.2) is 0 Å². The second kappa shape index (κ2) is 44.7. The Morgan fingerprint density at radius 3 is 0.764 bits per heavy atom. The zero-order valence-electron chi connectivity index (χ0n) is 106. The van der Waals surface area contributed by atoms with E-state index in [-0.39, 0.29) is 129 Å². The third-order valence-corrected chi connectivity index (χ3v) is 41.8. The third kappa shape index (κ3) is 26.1. The molecule has 856 valence electrons. The van der Waals surface area contributed by atoms with Gasteiger partial charge < -0.3 is 58.3 Å². The Morgan fingerprint density at radius 1 is 0.372 bits per heavy atom. The standard InChI is InChI=1S/C28H50BN3O4.C22H38IN3O2.C20H39NO2.C19H37NO3.C12H24B2O4.C6H15N.C3H3IN2.CH3ClO2S.CH4.Na.H/c1-21(2,3)34-20(33)32-24(8,9)22(4,5)28(16,23(6,7)25(32,10)11)31-18-19(17-30-31)29-35-26(12,13)27(14,15)36-29;1-17(2,3)28-16(27)26-20(8,9)18(4,5)22(12,19(6,7)21(26,10)11)25-14-15(23)13-24-25;1-15(2,3)23-14(22)21-19(10,11)17(6,7)16(4,5)18(8,9)20(21,12)13;1-14(2,3)23-13(21)20-17(8,9)15(4,5)19(12,22)16(6,7)18(20,10)11;1-9(2)10(3,4)16-13(15-9)14-17-11(5,6)12(7,8)18-14;1-4-7(5-2)6-3;4-3-1-5-6-2-3;1-5(2,3)4;;;/h17-18H,1-16H3;13-14H,1-12H3;1-13H3;22H,1-12H3;1-8H3;4-6H2,1-3H3;1-2H,(H,5,6);1H3;1H4;;/q;;;;;;;;;+1;-1. The van der Waals surface area contributed by atoms with E-state index in [2.05, 4.69) is 335 Å². The molecule has 0 saturated carbocycles. The summed E-state index contributed by atoms with van der Waals surface area (Å²) in [6.07, 6.45) is 11.4. The first-order chi connectivity index (χ1) is 63.6. The van der Waals surface area contributed by atoms with Crippen molar-refractivity contribution < 1.29 is 111 Å². The molecular weight excluding hydrogens is 2150 g/mol. The summed E-state index contributed by atoms with van der Waals surface area (Å²) in [7, 11) is -0.129.